The van der Waals surface area contributed by atoms with E-state index >= 15 is 0 Å². The number of fused-ring (bicyclic) bond motifs is 1. The van der Waals surface area contributed by atoms with Crippen LogP contribution in [0.25, 0.3) is 16.6 Å². The number of hydrogen-bond donors (Lipinski definition) is 1. The monoisotopic (exact) mass is 525 g/mol. The molecule has 7 heteroatoms. The molecule has 202 valence electrons. The fraction of sp³-hybridized carbons (Fsp3) is 0.312. The van der Waals surface area contributed by atoms with Crippen molar-refractivity contribution in [1.29, 1.82) is 0 Å². The predicted molar refractivity (Wildman–Crippen MR) is 153 cm³/mol. The second-order valence-electron chi connectivity index (χ2n) is 10.1. The van der Waals surface area contributed by atoms with E-state index in [2.05, 4.69) is 39.0 Å². The number of aromatic nitrogens is 1. The molecule has 0 spiro atoms. The zero-order valence-electron chi connectivity index (χ0n) is 22.8. The normalized spacial score (nSPS) is 14.3. The smallest absolute Gasteiger partial charge is 0.308 e. The van der Waals surface area contributed by atoms with E-state index in [1.54, 1.807) is 19.2 Å². The number of nitrogens with zero attached hydrogens (tertiary/aromatic N) is 2. The van der Waals surface area contributed by atoms with Crippen LogP contribution >= 0.6 is 0 Å². The number of esters is 1. The minimum Gasteiger partial charge on any atom is -0.497 e. The van der Waals surface area contributed by atoms with Gasteiger partial charge in [0.05, 0.1) is 18.2 Å². The highest BCUT2D eigenvalue weighted by molar-refractivity contribution is 6.09. The molecule has 5 rings (SSSR count). The number of nitrogens with one attached hydrogen (secondary N) is 1. The third kappa shape index (κ3) is 5.99. The predicted octanol–water partition coefficient (Wildman–Crippen LogP) is 5.31. The summed E-state index contributed by atoms with van der Waals surface area (Å²) in [6.45, 7) is 6.27. The number of rotatable bonds is 8. The maximum atomic E-state index is 13.8. The zero-order chi connectivity index (χ0) is 27.4. The van der Waals surface area contributed by atoms with Crippen molar-refractivity contribution in [1.82, 2.24) is 14.8 Å². The second kappa shape index (κ2) is 11.7. The van der Waals surface area contributed by atoms with E-state index in [0.717, 1.165) is 66.9 Å². The van der Waals surface area contributed by atoms with E-state index in [-0.39, 0.29) is 11.9 Å². The van der Waals surface area contributed by atoms with E-state index in [1.165, 1.54) is 12.5 Å². The number of hydrogen-bond acceptors (Lipinski definition) is 5. The molecule has 0 unspecified atom stereocenters. The number of piperidine rings is 1. The summed E-state index contributed by atoms with van der Waals surface area (Å²) >= 11 is 0. The molecule has 0 bridgehead atoms. The first-order valence-corrected chi connectivity index (χ1v) is 13.5. The van der Waals surface area contributed by atoms with E-state index in [4.69, 9.17) is 9.47 Å². The molecule has 3 aromatic carbocycles. The molecule has 2 heterocycles. The van der Waals surface area contributed by atoms with Crippen LogP contribution in [-0.2, 0) is 11.2 Å². The average molecular weight is 526 g/mol. The Morgan fingerprint density at radius 2 is 1.64 bits per heavy atom. The third-order valence-electron chi connectivity index (χ3n) is 7.48. The van der Waals surface area contributed by atoms with Crippen LogP contribution in [0, 0.1) is 6.92 Å². The van der Waals surface area contributed by atoms with Crippen molar-refractivity contribution in [2.75, 3.05) is 26.7 Å². The molecular weight excluding hydrogens is 490 g/mol. The van der Waals surface area contributed by atoms with Gasteiger partial charge < -0.3 is 24.3 Å². The van der Waals surface area contributed by atoms with Gasteiger partial charge in [0.1, 0.15) is 11.5 Å². The molecule has 1 aliphatic rings. The Balaban J connectivity index is 1.36. The van der Waals surface area contributed by atoms with Gasteiger partial charge >= 0.3 is 5.97 Å². The van der Waals surface area contributed by atoms with Crippen molar-refractivity contribution in [3.05, 3.63) is 89.6 Å². The van der Waals surface area contributed by atoms with Crippen molar-refractivity contribution < 1.29 is 19.1 Å². The summed E-state index contributed by atoms with van der Waals surface area (Å²) in [6.07, 6.45) is 2.86. The van der Waals surface area contributed by atoms with Gasteiger partial charge in [-0.3, -0.25) is 9.59 Å². The highest BCUT2D eigenvalue weighted by Crippen LogP contribution is 2.33. The van der Waals surface area contributed by atoms with Crippen LogP contribution in [0.4, 0.5) is 0 Å². The molecular formula is C32H35N3O4. The van der Waals surface area contributed by atoms with Crippen LogP contribution < -0.4 is 14.8 Å². The van der Waals surface area contributed by atoms with Gasteiger partial charge in [-0.1, -0.05) is 30.3 Å². The van der Waals surface area contributed by atoms with Crippen LogP contribution in [0.5, 0.6) is 11.5 Å². The van der Waals surface area contributed by atoms with Gasteiger partial charge in [-0.25, -0.2) is 0 Å². The SMILES string of the molecule is COc1ccc(-n2c(C)c(C(=O)NC3CCN(CCc4ccccc4)CC3)c3cc(OC(C)=O)ccc32)cc1. The fourth-order valence-electron chi connectivity index (χ4n) is 5.47. The maximum absolute atomic E-state index is 13.8. The van der Waals surface area contributed by atoms with Crippen molar-refractivity contribution in [3.63, 3.8) is 0 Å². The van der Waals surface area contributed by atoms with Crippen LogP contribution in [0.3, 0.4) is 0 Å². The van der Waals surface area contributed by atoms with E-state index in [9.17, 15) is 9.59 Å². The Bertz CT molecular complexity index is 1450. The molecule has 1 saturated heterocycles. The average Bonchev–Trinajstić information content (AvgIpc) is 3.24. The highest BCUT2D eigenvalue weighted by atomic mass is 16.5. The van der Waals surface area contributed by atoms with Gasteiger partial charge in [0.25, 0.3) is 5.91 Å². The summed E-state index contributed by atoms with van der Waals surface area (Å²) in [4.78, 5) is 27.8. The van der Waals surface area contributed by atoms with Crippen LogP contribution in [0.1, 0.15) is 41.4 Å². The maximum Gasteiger partial charge on any atom is 0.308 e. The van der Waals surface area contributed by atoms with Crippen molar-refractivity contribution in [3.8, 4) is 17.2 Å². The molecule has 1 fully saturated rings. The standard InChI is InChI=1S/C32H35N3O4/c1-22-31(32(37)33-25-16-19-34(20-17-25)18-15-24-7-5-4-6-8-24)29-21-28(39-23(2)36)13-14-30(29)35(22)26-9-11-27(38-3)12-10-26/h4-14,21,25H,15-20H2,1-3H3,(H,33,37). The third-order valence-corrected chi connectivity index (χ3v) is 7.48. The lowest BCUT2D eigenvalue weighted by atomic mass is 10.0. The fourth-order valence-corrected chi connectivity index (χ4v) is 5.47. The largest absolute Gasteiger partial charge is 0.497 e. The number of carbonyl (C=O) groups excluding carboxylic acids is 2. The Morgan fingerprint density at radius 1 is 0.949 bits per heavy atom. The number of likely N-dealkylation sites (tertiary alicyclic amines) is 1. The molecule has 4 aromatic rings. The minimum atomic E-state index is -0.398. The molecule has 0 atom stereocenters. The van der Waals surface area contributed by atoms with Crippen LogP contribution in [-0.4, -0.2) is 54.1 Å². The van der Waals surface area contributed by atoms with Gasteiger partial charge in [-0.15, -0.1) is 0 Å². The highest BCUT2D eigenvalue weighted by Gasteiger charge is 2.26. The van der Waals surface area contributed by atoms with Crippen LogP contribution in [0.15, 0.2) is 72.8 Å². The molecule has 1 amide bonds. The Labute approximate surface area is 229 Å². The number of benzene rings is 3. The topological polar surface area (TPSA) is 72.8 Å². The molecule has 0 radical (unpaired) electrons. The Hall–Kier alpha value is -4.10. The first kappa shape index (κ1) is 26.5. The van der Waals surface area contributed by atoms with Gasteiger partial charge in [-0.05, 0) is 74.2 Å². The van der Waals surface area contributed by atoms with Gasteiger partial charge in [0.2, 0.25) is 0 Å². The van der Waals surface area contributed by atoms with E-state index in [1.807, 2.05) is 43.3 Å². The Morgan fingerprint density at radius 3 is 2.31 bits per heavy atom. The summed E-state index contributed by atoms with van der Waals surface area (Å²) in [5.41, 5.74) is 4.57. The lowest BCUT2D eigenvalue weighted by Gasteiger charge is -2.32. The summed E-state index contributed by atoms with van der Waals surface area (Å²) < 4.78 is 12.7. The van der Waals surface area contributed by atoms with E-state index in [0.29, 0.717) is 11.3 Å². The number of carbonyl (C=O) groups is 2. The zero-order valence-corrected chi connectivity index (χ0v) is 22.8. The molecule has 0 aliphatic carbocycles. The molecule has 7 nitrogen and oxygen atoms in total. The second-order valence-corrected chi connectivity index (χ2v) is 10.1. The van der Waals surface area contributed by atoms with Gasteiger partial charge in [-0.2, -0.15) is 0 Å². The minimum absolute atomic E-state index is 0.104. The van der Waals surface area contributed by atoms with Crippen molar-refractivity contribution in [2.45, 2.75) is 39.2 Å². The number of amides is 1. The van der Waals surface area contributed by atoms with Gasteiger partial charge in [0, 0.05) is 49.4 Å². The molecule has 1 aliphatic heterocycles. The van der Waals surface area contributed by atoms with Crippen LogP contribution in [0.2, 0.25) is 0 Å². The summed E-state index contributed by atoms with van der Waals surface area (Å²) in [7, 11) is 1.64. The number of ether oxygens (including phenoxy) is 2. The molecule has 1 N–H and O–H groups in total. The molecule has 39 heavy (non-hydrogen) atoms. The van der Waals surface area contributed by atoms with Gasteiger partial charge in [0.15, 0.2) is 0 Å². The number of methoxy groups -OCH3 is 1. The first-order chi connectivity index (χ1) is 18.9. The lowest BCUT2D eigenvalue weighted by Crippen LogP contribution is -2.45. The quantitative estimate of drug-likeness (QED) is 0.249. The molecule has 0 saturated carbocycles. The summed E-state index contributed by atoms with van der Waals surface area (Å²) in [5, 5.41) is 4.05. The van der Waals surface area contributed by atoms with Crippen molar-refractivity contribution >= 4 is 22.8 Å². The first-order valence-electron chi connectivity index (χ1n) is 13.5. The molecule has 1 aromatic heterocycles. The Kier molecular flexibility index (Phi) is 7.98. The summed E-state index contributed by atoms with van der Waals surface area (Å²) in [6, 6.07) is 23.9. The van der Waals surface area contributed by atoms with E-state index < -0.39 is 5.97 Å². The summed E-state index contributed by atoms with van der Waals surface area (Å²) in [5.74, 6) is 0.680. The van der Waals surface area contributed by atoms with Crippen molar-refractivity contribution in [2.24, 2.45) is 0 Å². The lowest BCUT2D eigenvalue weighted by molar-refractivity contribution is -0.131.